The van der Waals surface area contributed by atoms with Crippen LogP contribution in [0.4, 0.5) is 5.13 Å². The van der Waals surface area contributed by atoms with Crippen LogP contribution in [0.1, 0.15) is 16.1 Å². The molecule has 30 heavy (non-hydrogen) atoms. The molecule has 9 nitrogen and oxygen atoms in total. The molecule has 0 aliphatic rings. The maximum atomic E-state index is 13.1. The van der Waals surface area contributed by atoms with Crippen molar-refractivity contribution in [2.24, 2.45) is 0 Å². The van der Waals surface area contributed by atoms with Gasteiger partial charge in [-0.25, -0.2) is 9.97 Å². The molecular formula is C19H15ClN6O3S. The highest BCUT2D eigenvalue weighted by Gasteiger charge is 2.19. The van der Waals surface area contributed by atoms with E-state index in [2.05, 4.69) is 30.2 Å². The number of aromatic nitrogens is 5. The lowest BCUT2D eigenvalue weighted by Gasteiger charge is -2.13. The zero-order valence-electron chi connectivity index (χ0n) is 16.1. The van der Waals surface area contributed by atoms with Crippen LogP contribution >= 0.6 is 22.9 Å². The zero-order chi connectivity index (χ0) is 21.3. The van der Waals surface area contributed by atoms with Crippen LogP contribution in [0.2, 0.25) is 5.15 Å². The summed E-state index contributed by atoms with van der Waals surface area (Å²) >= 11 is 7.27. The molecule has 4 aromatic rings. The van der Waals surface area contributed by atoms with E-state index in [1.54, 1.807) is 12.1 Å². The Morgan fingerprint density at radius 2 is 1.87 bits per heavy atom. The van der Waals surface area contributed by atoms with Gasteiger partial charge in [0, 0.05) is 23.0 Å². The predicted octanol–water partition coefficient (Wildman–Crippen LogP) is 3.77. The van der Waals surface area contributed by atoms with Crippen molar-refractivity contribution in [1.82, 2.24) is 24.9 Å². The van der Waals surface area contributed by atoms with Crippen LogP contribution in [0.15, 0.2) is 30.7 Å². The number of nitrogens with zero attached hydrogens (tertiary/aromatic N) is 5. The topological polar surface area (TPSA) is 112 Å². The molecule has 152 valence electrons. The number of thiazole rings is 1. The first-order chi connectivity index (χ1) is 14.5. The fraction of sp³-hybridized carbons (Fsp3) is 0.158. The van der Waals surface area contributed by atoms with Gasteiger partial charge in [0.1, 0.15) is 10.9 Å². The van der Waals surface area contributed by atoms with Crippen LogP contribution in [-0.2, 0) is 0 Å². The SMILES string of the molecule is COc1cnc2nc(NC(=O)c3cnc(C)cc3-c3cc(Cl)ncc3OC)sc2n1. The van der Waals surface area contributed by atoms with Crippen molar-refractivity contribution in [3.05, 3.63) is 47.1 Å². The van der Waals surface area contributed by atoms with Crippen LogP contribution < -0.4 is 14.8 Å². The van der Waals surface area contributed by atoms with Crippen molar-refractivity contribution in [2.45, 2.75) is 6.92 Å². The standard InChI is InChI=1S/C19H15ClN6O3S/c1-9-4-10(11-5-14(20)22-7-13(11)28-2)12(6-21-9)17(27)26-19-25-16-18(30-19)24-15(29-3)8-23-16/h4-8H,1-3H3,(H,23,25,26,27). The average Bonchev–Trinajstić information content (AvgIpc) is 3.14. The lowest BCUT2D eigenvalue weighted by Crippen LogP contribution is -2.14. The fourth-order valence-corrected chi connectivity index (χ4v) is 3.72. The van der Waals surface area contributed by atoms with Crippen LogP contribution in [0, 0.1) is 6.92 Å². The van der Waals surface area contributed by atoms with Gasteiger partial charge in [-0.2, -0.15) is 9.97 Å². The number of ether oxygens (including phenoxy) is 2. The number of nitrogens with one attached hydrogen (secondary N) is 1. The molecule has 1 amide bonds. The zero-order valence-corrected chi connectivity index (χ0v) is 17.7. The molecule has 4 rings (SSSR count). The van der Waals surface area contributed by atoms with Gasteiger partial charge in [-0.15, -0.1) is 0 Å². The lowest BCUT2D eigenvalue weighted by molar-refractivity contribution is 0.102. The second-order valence-electron chi connectivity index (χ2n) is 6.09. The van der Waals surface area contributed by atoms with Crippen molar-refractivity contribution in [1.29, 1.82) is 0 Å². The Balaban J connectivity index is 1.73. The Kier molecular flexibility index (Phi) is 5.42. The number of anilines is 1. The summed E-state index contributed by atoms with van der Waals surface area (Å²) in [5, 5.41) is 3.42. The summed E-state index contributed by atoms with van der Waals surface area (Å²) in [5.74, 6) is 0.466. The molecule has 0 bridgehead atoms. The number of carbonyl (C=O) groups excluding carboxylic acids is 1. The number of hydrogen-bond acceptors (Lipinski definition) is 9. The van der Waals surface area contributed by atoms with Gasteiger partial charge in [0.15, 0.2) is 15.6 Å². The first-order valence-electron chi connectivity index (χ1n) is 8.64. The molecule has 1 N–H and O–H groups in total. The van der Waals surface area contributed by atoms with E-state index >= 15 is 0 Å². The molecule has 0 atom stereocenters. The van der Waals surface area contributed by atoms with E-state index in [9.17, 15) is 4.79 Å². The Hall–Kier alpha value is -3.37. The molecule has 0 spiro atoms. The van der Waals surface area contributed by atoms with Gasteiger partial charge in [-0.3, -0.25) is 15.1 Å². The van der Waals surface area contributed by atoms with Crippen LogP contribution in [0.25, 0.3) is 21.6 Å². The van der Waals surface area contributed by atoms with Crippen molar-refractivity contribution in [2.75, 3.05) is 19.5 Å². The fourth-order valence-electron chi connectivity index (χ4n) is 2.78. The van der Waals surface area contributed by atoms with Crippen molar-refractivity contribution < 1.29 is 14.3 Å². The normalized spacial score (nSPS) is 10.8. The number of methoxy groups -OCH3 is 2. The predicted molar refractivity (Wildman–Crippen MR) is 113 cm³/mol. The minimum absolute atomic E-state index is 0.281. The quantitative estimate of drug-likeness (QED) is 0.465. The summed E-state index contributed by atoms with van der Waals surface area (Å²) in [6.45, 7) is 1.83. The molecule has 4 aromatic heterocycles. The van der Waals surface area contributed by atoms with Gasteiger partial charge in [0.05, 0.1) is 32.2 Å². The summed E-state index contributed by atoms with van der Waals surface area (Å²) < 4.78 is 10.5. The maximum absolute atomic E-state index is 13.1. The van der Waals surface area contributed by atoms with Crippen molar-refractivity contribution in [3.8, 4) is 22.8 Å². The van der Waals surface area contributed by atoms with Crippen molar-refractivity contribution in [3.63, 3.8) is 0 Å². The van der Waals surface area contributed by atoms with E-state index in [0.29, 0.717) is 43.9 Å². The molecule has 0 aliphatic heterocycles. The Morgan fingerprint density at radius 1 is 1.03 bits per heavy atom. The van der Waals surface area contributed by atoms with Crippen molar-refractivity contribution >= 4 is 44.5 Å². The molecule has 0 radical (unpaired) electrons. The first-order valence-corrected chi connectivity index (χ1v) is 9.83. The third kappa shape index (κ3) is 3.87. The Morgan fingerprint density at radius 3 is 2.63 bits per heavy atom. The van der Waals surface area contributed by atoms with E-state index in [4.69, 9.17) is 21.1 Å². The summed E-state index contributed by atoms with van der Waals surface area (Å²) in [5.41, 5.74) is 2.72. The molecule has 0 saturated carbocycles. The number of aryl methyl sites for hydroxylation is 1. The van der Waals surface area contributed by atoms with Crippen LogP contribution in [-0.4, -0.2) is 45.0 Å². The number of pyridine rings is 2. The summed E-state index contributed by atoms with van der Waals surface area (Å²) in [7, 11) is 3.03. The number of fused-ring (bicyclic) bond motifs is 1. The van der Waals surface area contributed by atoms with Crippen LogP contribution in [0.5, 0.6) is 11.6 Å². The Bertz CT molecular complexity index is 1260. The van der Waals surface area contributed by atoms with E-state index in [1.165, 1.54) is 44.1 Å². The van der Waals surface area contributed by atoms with E-state index in [-0.39, 0.29) is 5.15 Å². The summed E-state index contributed by atoms with van der Waals surface area (Å²) in [4.78, 5) is 34.7. The second-order valence-corrected chi connectivity index (χ2v) is 7.46. The van der Waals surface area contributed by atoms with Gasteiger partial charge in [-0.05, 0) is 19.1 Å². The van der Waals surface area contributed by atoms with E-state index in [0.717, 1.165) is 5.69 Å². The molecule has 4 heterocycles. The van der Waals surface area contributed by atoms with Gasteiger partial charge in [-0.1, -0.05) is 22.9 Å². The maximum Gasteiger partial charge on any atom is 0.259 e. The minimum Gasteiger partial charge on any atom is -0.494 e. The molecule has 0 fully saturated rings. The van der Waals surface area contributed by atoms with Gasteiger partial charge >= 0.3 is 0 Å². The van der Waals surface area contributed by atoms with Gasteiger partial charge in [0.25, 0.3) is 5.91 Å². The summed E-state index contributed by atoms with van der Waals surface area (Å²) in [6.07, 6.45) is 4.48. The number of carbonyl (C=O) groups is 1. The Labute approximate surface area is 180 Å². The van der Waals surface area contributed by atoms with Gasteiger partial charge in [0.2, 0.25) is 5.88 Å². The first kappa shape index (κ1) is 19.9. The molecular weight excluding hydrogens is 428 g/mol. The molecule has 11 heteroatoms. The third-order valence-electron chi connectivity index (χ3n) is 4.16. The average molecular weight is 443 g/mol. The smallest absolute Gasteiger partial charge is 0.259 e. The molecule has 0 aromatic carbocycles. The monoisotopic (exact) mass is 442 g/mol. The second kappa shape index (κ2) is 8.17. The highest BCUT2D eigenvalue weighted by molar-refractivity contribution is 7.21. The third-order valence-corrected chi connectivity index (χ3v) is 5.22. The van der Waals surface area contributed by atoms with Crippen LogP contribution in [0.3, 0.4) is 0 Å². The molecule has 0 aliphatic carbocycles. The van der Waals surface area contributed by atoms with E-state index < -0.39 is 5.91 Å². The highest BCUT2D eigenvalue weighted by Crippen LogP contribution is 2.34. The molecule has 0 saturated heterocycles. The highest BCUT2D eigenvalue weighted by atomic mass is 35.5. The van der Waals surface area contributed by atoms with E-state index in [1.807, 2.05) is 6.92 Å². The summed E-state index contributed by atoms with van der Waals surface area (Å²) in [6, 6.07) is 3.43. The lowest BCUT2D eigenvalue weighted by atomic mass is 10.0. The largest absolute Gasteiger partial charge is 0.494 e. The number of halogens is 1. The van der Waals surface area contributed by atoms with Gasteiger partial charge < -0.3 is 9.47 Å². The number of amides is 1. The number of rotatable bonds is 5. The minimum atomic E-state index is -0.390. The molecule has 0 unspecified atom stereocenters. The number of hydrogen-bond donors (Lipinski definition) is 1.